The zero-order chi connectivity index (χ0) is 12.4. The number of allylic oxidation sites excluding steroid dienone is 1. The number of hydrogen-bond acceptors (Lipinski definition) is 2. The summed E-state index contributed by atoms with van der Waals surface area (Å²) < 4.78 is 40.8. The summed E-state index contributed by atoms with van der Waals surface area (Å²) in [4.78, 5) is 3.57. The van der Waals surface area contributed by atoms with E-state index in [0.29, 0.717) is 6.07 Å². The van der Waals surface area contributed by atoms with Gasteiger partial charge < -0.3 is 0 Å². The highest BCUT2D eigenvalue weighted by Crippen LogP contribution is 2.28. The number of halogens is 3. The summed E-state index contributed by atoms with van der Waals surface area (Å²) in [5, 5.41) is 3.58. The molecule has 1 unspecified atom stereocenters. The molecule has 1 aromatic carbocycles. The minimum Gasteiger partial charge on any atom is -0.223 e. The quantitative estimate of drug-likeness (QED) is 0.824. The van der Waals surface area contributed by atoms with E-state index < -0.39 is 17.9 Å². The molecule has 3 nitrogen and oxygen atoms in total. The fourth-order valence-corrected chi connectivity index (χ4v) is 1.37. The first-order valence-corrected chi connectivity index (χ1v) is 4.72. The van der Waals surface area contributed by atoms with Gasteiger partial charge in [0.05, 0.1) is 0 Å². The molecule has 17 heavy (non-hydrogen) atoms. The van der Waals surface area contributed by atoms with Crippen molar-refractivity contribution in [1.29, 1.82) is 0 Å². The molecule has 0 spiro atoms. The summed E-state index contributed by atoms with van der Waals surface area (Å²) in [5.74, 6) is -1.59. The number of hydrogen-bond donors (Lipinski definition) is 0. The monoisotopic (exact) mass is 239 g/mol. The van der Waals surface area contributed by atoms with Crippen LogP contribution in [0.4, 0.5) is 13.2 Å². The Morgan fingerprint density at radius 1 is 1.35 bits per heavy atom. The Bertz CT molecular complexity index is 537. The Hall–Kier alpha value is -2.11. The largest absolute Gasteiger partial charge is 0.223 e. The Kier molecular flexibility index (Phi) is 2.95. The van der Waals surface area contributed by atoms with Crippen molar-refractivity contribution in [1.82, 2.24) is 14.8 Å². The van der Waals surface area contributed by atoms with Crippen LogP contribution in [0.25, 0.3) is 5.57 Å². The van der Waals surface area contributed by atoms with Gasteiger partial charge in [-0.1, -0.05) is 6.58 Å². The van der Waals surface area contributed by atoms with E-state index >= 15 is 0 Å². The molecule has 0 saturated carbocycles. The molecule has 0 amide bonds. The Balaban J connectivity index is 2.31. The molecule has 2 aromatic rings. The molecule has 1 heterocycles. The fourth-order valence-electron chi connectivity index (χ4n) is 1.37. The van der Waals surface area contributed by atoms with E-state index in [0.717, 1.165) is 29.5 Å². The lowest BCUT2D eigenvalue weighted by Crippen LogP contribution is -2.07. The Labute approximate surface area is 95.2 Å². The van der Waals surface area contributed by atoms with Gasteiger partial charge in [-0.2, -0.15) is 5.10 Å². The molecule has 0 aliphatic heterocycles. The van der Waals surface area contributed by atoms with E-state index in [1.165, 1.54) is 0 Å². The number of rotatable bonds is 3. The molecule has 0 bridgehead atoms. The maximum Gasteiger partial charge on any atom is 0.218 e. The number of benzene rings is 1. The minimum atomic E-state index is -1.74. The summed E-state index contributed by atoms with van der Waals surface area (Å²) in [6.45, 7) is 3.45. The van der Waals surface area contributed by atoms with Crippen molar-refractivity contribution in [2.45, 2.75) is 6.30 Å². The lowest BCUT2D eigenvalue weighted by molar-refractivity contribution is 0.293. The van der Waals surface area contributed by atoms with Crippen molar-refractivity contribution in [3.8, 4) is 0 Å². The summed E-state index contributed by atoms with van der Waals surface area (Å²) in [6.07, 6.45) is 0.565. The van der Waals surface area contributed by atoms with Gasteiger partial charge in [-0.3, -0.25) is 0 Å². The zero-order valence-electron chi connectivity index (χ0n) is 8.65. The first-order chi connectivity index (χ1) is 8.09. The molecule has 0 aliphatic carbocycles. The first-order valence-electron chi connectivity index (χ1n) is 4.72. The van der Waals surface area contributed by atoms with Gasteiger partial charge in [0.25, 0.3) is 0 Å². The van der Waals surface area contributed by atoms with Gasteiger partial charge in [0.15, 0.2) is 0 Å². The van der Waals surface area contributed by atoms with Crippen LogP contribution in [-0.4, -0.2) is 14.8 Å². The highest BCUT2D eigenvalue weighted by molar-refractivity contribution is 5.65. The van der Waals surface area contributed by atoms with Gasteiger partial charge in [-0.05, 0) is 12.1 Å². The van der Waals surface area contributed by atoms with Gasteiger partial charge in [-0.25, -0.2) is 22.8 Å². The van der Waals surface area contributed by atoms with Crippen LogP contribution in [0.5, 0.6) is 0 Å². The zero-order valence-corrected chi connectivity index (χ0v) is 8.65. The van der Waals surface area contributed by atoms with E-state index in [9.17, 15) is 13.2 Å². The van der Waals surface area contributed by atoms with Crippen LogP contribution >= 0.6 is 0 Å². The van der Waals surface area contributed by atoms with Crippen molar-refractivity contribution in [2.24, 2.45) is 0 Å². The summed E-state index contributed by atoms with van der Waals surface area (Å²) in [5.41, 5.74) is -0.234. The van der Waals surface area contributed by atoms with Crippen LogP contribution in [-0.2, 0) is 0 Å². The molecule has 88 valence electrons. The van der Waals surface area contributed by atoms with Gasteiger partial charge in [0, 0.05) is 17.2 Å². The summed E-state index contributed by atoms with van der Waals surface area (Å²) in [7, 11) is 0. The topological polar surface area (TPSA) is 30.7 Å². The third kappa shape index (κ3) is 2.20. The Morgan fingerprint density at radius 2 is 2.12 bits per heavy atom. The van der Waals surface area contributed by atoms with Gasteiger partial charge in [0.2, 0.25) is 6.30 Å². The number of aromatic nitrogens is 3. The van der Waals surface area contributed by atoms with Crippen molar-refractivity contribution < 1.29 is 13.2 Å². The standard InChI is InChI=1S/C11H8F3N3/c1-7(11(14)17-6-15-5-16-17)9-3-2-8(12)4-10(9)13/h2-6,11H,1H2. The van der Waals surface area contributed by atoms with E-state index in [1.807, 2.05) is 0 Å². The highest BCUT2D eigenvalue weighted by Gasteiger charge is 2.18. The average molecular weight is 239 g/mol. The molecule has 2 rings (SSSR count). The van der Waals surface area contributed by atoms with Gasteiger partial charge in [-0.15, -0.1) is 0 Å². The molecule has 0 fully saturated rings. The highest BCUT2D eigenvalue weighted by atomic mass is 19.1. The molecule has 0 N–H and O–H groups in total. The normalized spacial score (nSPS) is 12.4. The van der Waals surface area contributed by atoms with Crippen LogP contribution < -0.4 is 0 Å². The van der Waals surface area contributed by atoms with Crippen LogP contribution in [0.1, 0.15) is 11.9 Å². The molecular weight excluding hydrogens is 231 g/mol. The lowest BCUT2D eigenvalue weighted by Gasteiger charge is -2.12. The first kappa shape index (κ1) is 11.4. The van der Waals surface area contributed by atoms with E-state index in [2.05, 4.69) is 16.7 Å². The predicted molar refractivity (Wildman–Crippen MR) is 55.6 cm³/mol. The molecule has 1 atom stereocenters. The van der Waals surface area contributed by atoms with Crippen molar-refractivity contribution >= 4 is 5.57 Å². The fraction of sp³-hybridized carbons (Fsp3) is 0.0909. The Morgan fingerprint density at radius 3 is 2.71 bits per heavy atom. The maximum absolute atomic E-state index is 13.8. The number of alkyl halides is 1. The maximum atomic E-state index is 13.8. The summed E-state index contributed by atoms with van der Waals surface area (Å²) in [6, 6.07) is 2.85. The second kappa shape index (κ2) is 4.40. The van der Waals surface area contributed by atoms with E-state index in [4.69, 9.17) is 0 Å². The average Bonchev–Trinajstić information content (AvgIpc) is 2.80. The van der Waals surface area contributed by atoms with Crippen molar-refractivity contribution in [3.63, 3.8) is 0 Å². The molecule has 6 heteroatoms. The number of nitrogens with zero attached hydrogens (tertiary/aromatic N) is 3. The lowest BCUT2D eigenvalue weighted by atomic mass is 10.1. The third-order valence-corrected chi connectivity index (χ3v) is 2.23. The minimum absolute atomic E-state index is 0.0885. The van der Waals surface area contributed by atoms with Gasteiger partial charge >= 0.3 is 0 Å². The third-order valence-electron chi connectivity index (χ3n) is 2.23. The second-order valence-electron chi connectivity index (χ2n) is 3.36. The van der Waals surface area contributed by atoms with Crippen LogP contribution in [0, 0.1) is 11.6 Å². The van der Waals surface area contributed by atoms with Gasteiger partial charge in [0.1, 0.15) is 24.3 Å². The van der Waals surface area contributed by atoms with Crippen LogP contribution in [0.15, 0.2) is 37.4 Å². The molecular formula is C11H8F3N3. The molecule has 0 aliphatic rings. The molecule has 0 saturated heterocycles. The van der Waals surface area contributed by atoms with Crippen molar-refractivity contribution in [2.75, 3.05) is 0 Å². The van der Waals surface area contributed by atoms with Crippen LogP contribution in [0.2, 0.25) is 0 Å². The summed E-state index contributed by atoms with van der Waals surface area (Å²) >= 11 is 0. The molecule has 0 radical (unpaired) electrons. The van der Waals surface area contributed by atoms with E-state index in [1.54, 1.807) is 0 Å². The smallest absolute Gasteiger partial charge is 0.218 e. The molecule has 1 aromatic heterocycles. The second-order valence-corrected chi connectivity index (χ2v) is 3.36. The van der Waals surface area contributed by atoms with Crippen LogP contribution in [0.3, 0.4) is 0 Å². The van der Waals surface area contributed by atoms with E-state index in [-0.39, 0.29) is 11.1 Å². The van der Waals surface area contributed by atoms with Crippen molar-refractivity contribution in [3.05, 3.63) is 54.6 Å². The SMILES string of the molecule is C=C(c1ccc(F)cc1F)C(F)n1cncn1. The predicted octanol–water partition coefficient (Wildman–Crippen LogP) is 2.74.